The maximum Gasteiger partial charge on any atom is 0.314 e. The average molecular weight is 1200 g/mol. The summed E-state index contributed by atoms with van der Waals surface area (Å²) in [5.41, 5.74) is 5.83. The lowest BCUT2D eigenvalue weighted by atomic mass is 9.85. The molecule has 4 atom stereocenters. The van der Waals surface area contributed by atoms with E-state index in [1.807, 2.05) is 38.4 Å². The second kappa shape index (κ2) is 28.2. The minimum Gasteiger partial charge on any atom is -0.378 e. The number of likely N-dealkylation sites (tertiary alicyclic amines) is 2. The molecule has 0 spiro atoms. The molecular formula is C54H72Cl4N10O8S2. The van der Waals surface area contributed by atoms with E-state index in [2.05, 4.69) is 50.3 Å². The van der Waals surface area contributed by atoms with Gasteiger partial charge in [0.2, 0.25) is 20.0 Å². The molecule has 0 aromatic heterocycles. The first kappa shape index (κ1) is 60.3. The smallest absolute Gasteiger partial charge is 0.314 e. The summed E-state index contributed by atoms with van der Waals surface area (Å²) in [5, 5.41) is 13.5. The summed E-state index contributed by atoms with van der Waals surface area (Å²) in [6.45, 7) is 9.84. The molecule has 6 N–H and O–H groups in total. The lowest BCUT2D eigenvalue weighted by molar-refractivity contribution is 0.113. The van der Waals surface area contributed by atoms with E-state index >= 15 is 0 Å². The fraction of sp³-hybridized carbons (Fsp3) is 0.519. The standard InChI is InChI=1S/C54H72Cl4N10O8S2/c1-65-33-47(45-27-39(55)29-51(57)49(45)35-65)37-7-5-9-43(25-37)77(71,72)63-41-11-17-67(31-41)19-23-75-21-15-61-53(69)59-13-3-4-14-60-54(70)62-16-22-76-24-20-68-18-12-42(32-68)64-78(73,74)44-10-6-8-38(26-44)48-34-66(2)36-50-46(48)28-40(56)30-52(50)58/h5-10,25-30,41-42,47-48,63-64H,3-4,11-24,31-36H2,1-2H3,(H2,59,61,69)(H2,60,62,70)/t41-,42-,47?,48?/m0/s1. The van der Waals surface area contributed by atoms with Gasteiger partial charge in [0.1, 0.15) is 0 Å². The van der Waals surface area contributed by atoms with Gasteiger partial charge < -0.3 is 40.5 Å². The average Bonchev–Trinajstić information content (AvgIpc) is 4.05. The van der Waals surface area contributed by atoms with Gasteiger partial charge in [0.15, 0.2) is 0 Å². The van der Waals surface area contributed by atoms with Crippen molar-refractivity contribution in [2.45, 2.75) is 72.5 Å². The van der Waals surface area contributed by atoms with E-state index in [1.165, 1.54) is 0 Å². The van der Waals surface area contributed by atoms with Gasteiger partial charge in [0, 0.05) is 123 Å². The lowest BCUT2D eigenvalue weighted by Gasteiger charge is -2.33. The molecule has 4 heterocycles. The van der Waals surface area contributed by atoms with Crippen molar-refractivity contribution in [3.8, 4) is 0 Å². The Hall–Kier alpha value is -3.84. The van der Waals surface area contributed by atoms with Crippen LogP contribution in [-0.4, -0.2) is 180 Å². The summed E-state index contributed by atoms with van der Waals surface area (Å²) >= 11 is 25.9. The van der Waals surface area contributed by atoms with Gasteiger partial charge in [-0.3, -0.25) is 9.80 Å². The number of hydrogen-bond donors (Lipinski definition) is 6. The molecule has 426 valence electrons. The number of amides is 4. The summed E-state index contributed by atoms with van der Waals surface area (Å²) in [7, 11) is -3.51. The molecule has 78 heavy (non-hydrogen) atoms. The zero-order valence-corrected chi connectivity index (χ0v) is 48.8. The highest BCUT2D eigenvalue weighted by atomic mass is 35.5. The van der Waals surface area contributed by atoms with E-state index in [4.69, 9.17) is 55.9 Å². The fourth-order valence-electron chi connectivity index (χ4n) is 10.7. The quantitative estimate of drug-likeness (QED) is 0.0407. The number of hydrogen-bond acceptors (Lipinski definition) is 12. The molecule has 2 unspecified atom stereocenters. The van der Waals surface area contributed by atoms with Crippen molar-refractivity contribution >= 4 is 78.5 Å². The first-order valence-corrected chi connectivity index (χ1v) is 31.1. The van der Waals surface area contributed by atoms with Crippen LogP contribution in [0.25, 0.3) is 0 Å². The Morgan fingerprint density at radius 3 is 1.38 bits per heavy atom. The third-order valence-corrected chi connectivity index (χ3v) is 18.8. The molecule has 0 radical (unpaired) electrons. The number of sulfonamides is 2. The first-order chi connectivity index (χ1) is 37.4. The molecule has 8 rings (SSSR count). The number of rotatable bonds is 25. The molecule has 2 fully saturated rings. The Balaban J connectivity index is 0.610. The van der Waals surface area contributed by atoms with Crippen LogP contribution in [0.5, 0.6) is 0 Å². The van der Waals surface area contributed by atoms with Gasteiger partial charge in [-0.1, -0.05) is 70.7 Å². The molecule has 4 aliphatic rings. The van der Waals surface area contributed by atoms with Crippen molar-refractivity contribution < 1.29 is 35.9 Å². The van der Waals surface area contributed by atoms with Crippen molar-refractivity contribution in [3.63, 3.8) is 0 Å². The van der Waals surface area contributed by atoms with Crippen molar-refractivity contribution in [2.75, 3.05) is 119 Å². The maximum atomic E-state index is 13.6. The molecule has 24 heteroatoms. The van der Waals surface area contributed by atoms with E-state index in [-0.39, 0.29) is 45.8 Å². The number of unbranched alkanes of at least 4 members (excludes halogenated alkanes) is 1. The van der Waals surface area contributed by atoms with E-state index in [0.29, 0.717) is 151 Å². The Bertz CT molecular complexity index is 2750. The van der Waals surface area contributed by atoms with Crippen LogP contribution >= 0.6 is 46.4 Å². The second-order valence-corrected chi connectivity index (χ2v) is 25.8. The van der Waals surface area contributed by atoms with Crippen LogP contribution in [0.3, 0.4) is 0 Å². The van der Waals surface area contributed by atoms with Gasteiger partial charge in [-0.2, -0.15) is 0 Å². The van der Waals surface area contributed by atoms with Gasteiger partial charge >= 0.3 is 12.1 Å². The van der Waals surface area contributed by atoms with Gasteiger partial charge in [-0.25, -0.2) is 35.9 Å². The zero-order valence-electron chi connectivity index (χ0n) is 44.2. The molecule has 0 saturated carbocycles. The fourth-order valence-corrected chi connectivity index (χ4v) is 14.5. The number of fused-ring (bicyclic) bond motifs is 2. The van der Waals surface area contributed by atoms with Crippen LogP contribution in [0.2, 0.25) is 20.1 Å². The summed E-state index contributed by atoms with van der Waals surface area (Å²) in [6.07, 6.45) is 2.72. The molecular weight excluding hydrogens is 1120 g/mol. The highest BCUT2D eigenvalue weighted by molar-refractivity contribution is 7.89. The number of halogens is 4. The van der Waals surface area contributed by atoms with Gasteiger partial charge in [-0.05, 0) is 135 Å². The minimum atomic E-state index is -3.77. The van der Waals surface area contributed by atoms with Crippen molar-refractivity contribution in [1.29, 1.82) is 0 Å². The van der Waals surface area contributed by atoms with Crippen molar-refractivity contribution in [1.82, 2.24) is 50.3 Å². The van der Waals surface area contributed by atoms with Crippen LogP contribution < -0.4 is 30.7 Å². The SMILES string of the molecule is CN1Cc2c(Cl)cc(Cl)cc2C(c2cccc(S(=O)(=O)N[C@H]3CCN(CCOCCNC(=O)NCCCCNC(=O)NCCOCCN4CC[C@H](NS(=O)(=O)c5cccc(C6CN(C)Cc7c(Cl)cc(Cl)cc76)c5)C4)C3)c2)C1. The summed E-state index contributed by atoms with van der Waals surface area (Å²) in [5.74, 6) is -0.153. The predicted octanol–water partition coefficient (Wildman–Crippen LogP) is 6.27. The highest BCUT2D eigenvalue weighted by Gasteiger charge is 2.33. The van der Waals surface area contributed by atoms with Crippen LogP contribution in [-0.2, 0) is 42.6 Å². The normalized spacial score (nSPS) is 20.3. The molecule has 0 aliphatic carbocycles. The van der Waals surface area contributed by atoms with Crippen LogP contribution in [0.4, 0.5) is 9.59 Å². The van der Waals surface area contributed by atoms with Crippen molar-refractivity contribution in [2.24, 2.45) is 0 Å². The Morgan fingerprint density at radius 2 is 0.962 bits per heavy atom. The number of ether oxygens (including phenoxy) is 2. The number of carbonyl (C=O) groups is 2. The lowest BCUT2D eigenvalue weighted by Crippen LogP contribution is -2.39. The van der Waals surface area contributed by atoms with Crippen LogP contribution in [0.1, 0.15) is 70.9 Å². The monoisotopic (exact) mass is 1190 g/mol. The summed E-state index contributed by atoms with van der Waals surface area (Å²) < 4.78 is 71.6. The first-order valence-electron chi connectivity index (χ1n) is 26.6. The van der Waals surface area contributed by atoms with Crippen molar-refractivity contribution in [3.05, 3.63) is 126 Å². The molecule has 4 aliphatic heterocycles. The Labute approximate surface area is 479 Å². The maximum absolute atomic E-state index is 13.6. The number of carbonyl (C=O) groups excluding carboxylic acids is 2. The van der Waals surface area contributed by atoms with E-state index < -0.39 is 20.0 Å². The van der Waals surface area contributed by atoms with Gasteiger partial charge in [0.05, 0.1) is 36.2 Å². The summed E-state index contributed by atoms with van der Waals surface area (Å²) in [6, 6.07) is 20.5. The minimum absolute atomic E-state index is 0.0763. The topological polar surface area (TPSA) is 206 Å². The largest absolute Gasteiger partial charge is 0.378 e. The number of benzene rings is 4. The molecule has 4 amide bonds. The Kier molecular flexibility index (Phi) is 21.8. The molecule has 2 saturated heterocycles. The summed E-state index contributed by atoms with van der Waals surface area (Å²) in [4.78, 5) is 33.7. The third kappa shape index (κ3) is 16.9. The van der Waals surface area contributed by atoms with E-state index in [1.54, 1.807) is 48.5 Å². The van der Waals surface area contributed by atoms with Crippen LogP contribution in [0.15, 0.2) is 82.6 Å². The number of urea groups is 2. The van der Waals surface area contributed by atoms with E-state index in [0.717, 1.165) is 46.5 Å². The van der Waals surface area contributed by atoms with E-state index in [9.17, 15) is 26.4 Å². The highest BCUT2D eigenvalue weighted by Crippen LogP contribution is 2.40. The van der Waals surface area contributed by atoms with Crippen LogP contribution in [0, 0.1) is 0 Å². The predicted molar refractivity (Wildman–Crippen MR) is 306 cm³/mol. The second-order valence-electron chi connectivity index (χ2n) is 20.7. The third-order valence-electron chi connectivity index (χ3n) is 14.7. The number of nitrogens with zero attached hydrogens (tertiary/aromatic N) is 4. The molecule has 18 nitrogen and oxygen atoms in total. The van der Waals surface area contributed by atoms with Gasteiger partial charge in [-0.15, -0.1) is 0 Å². The van der Waals surface area contributed by atoms with Gasteiger partial charge in [0.25, 0.3) is 0 Å². The Morgan fingerprint density at radius 1 is 0.551 bits per heavy atom. The molecule has 4 aromatic rings. The number of nitrogens with one attached hydrogen (secondary N) is 6. The number of likely N-dealkylation sites (N-methyl/N-ethyl adjacent to an activating group) is 2. The molecule has 4 aromatic carbocycles. The zero-order chi connectivity index (χ0) is 55.4. The molecule has 0 bridgehead atoms.